The first-order valence-corrected chi connectivity index (χ1v) is 17.8. The molecule has 0 aliphatic heterocycles. The first-order chi connectivity index (χ1) is 25.8. The third kappa shape index (κ3) is 4.31. The van der Waals surface area contributed by atoms with Crippen molar-refractivity contribution in [3.63, 3.8) is 0 Å². The number of nitrogens with zero attached hydrogens (tertiary/aromatic N) is 1. The summed E-state index contributed by atoms with van der Waals surface area (Å²) < 4.78 is 6.35. The summed E-state index contributed by atoms with van der Waals surface area (Å²) in [5.41, 5.74) is 15.4. The highest BCUT2D eigenvalue weighted by molar-refractivity contribution is 6.26. The maximum absolute atomic E-state index is 6.35. The van der Waals surface area contributed by atoms with Crippen molar-refractivity contribution >= 4 is 60.5 Å². The quantitative estimate of drug-likeness (QED) is 0.182. The number of anilines is 3. The van der Waals surface area contributed by atoms with Crippen LogP contribution in [0.3, 0.4) is 0 Å². The summed E-state index contributed by atoms with van der Waals surface area (Å²) in [5, 5.41) is 7.26. The van der Waals surface area contributed by atoms with Gasteiger partial charge in [0.2, 0.25) is 0 Å². The SMILES string of the molecule is c1ccc(-c2c3c(c(-c4ccccc4)c4ccccc24)-c2cc4cc(N(c5ccccc5)c5ccc6c(c5)oc5ccccc56)ccc4cc2-3)cc1. The Labute approximate surface area is 301 Å². The largest absolute Gasteiger partial charge is 0.456 e. The van der Waals surface area contributed by atoms with E-state index < -0.39 is 0 Å². The molecule has 0 atom stereocenters. The second-order valence-electron chi connectivity index (χ2n) is 13.7. The Morgan fingerprint density at radius 3 is 1.46 bits per heavy atom. The van der Waals surface area contributed by atoms with E-state index in [9.17, 15) is 0 Å². The van der Waals surface area contributed by atoms with E-state index in [1.54, 1.807) is 0 Å². The zero-order chi connectivity index (χ0) is 34.2. The lowest BCUT2D eigenvalue weighted by molar-refractivity contribution is 0.669. The van der Waals surface area contributed by atoms with Gasteiger partial charge in [-0.3, -0.25) is 0 Å². The van der Waals surface area contributed by atoms with E-state index in [0.717, 1.165) is 39.0 Å². The lowest BCUT2D eigenvalue weighted by atomic mass is 9.70. The monoisotopic (exact) mass is 661 g/mol. The van der Waals surface area contributed by atoms with Crippen molar-refractivity contribution in [2.24, 2.45) is 0 Å². The first kappa shape index (κ1) is 28.9. The summed E-state index contributed by atoms with van der Waals surface area (Å²) in [7, 11) is 0. The van der Waals surface area contributed by atoms with E-state index in [-0.39, 0.29) is 0 Å². The molecule has 0 spiro atoms. The number of hydrogen-bond acceptors (Lipinski definition) is 2. The second-order valence-corrected chi connectivity index (χ2v) is 13.7. The molecule has 0 radical (unpaired) electrons. The molecule has 2 nitrogen and oxygen atoms in total. The average Bonchev–Trinajstić information content (AvgIpc) is 3.58. The third-order valence-electron chi connectivity index (χ3n) is 10.7. The average molecular weight is 662 g/mol. The Morgan fingerprint density at radius 1 is 0.308 bits per heavy atom. The van der Waals surface area contributed by atoms with Crippen LogP contribution in [0.2, 0.25) is 0 Å². The Kier molecular flexibility index (Phi) is 6.28. The maximum atomic E-state index is 6.35. The number of rotatable bonds is 5. The van der Waals surface area contributed by atoms with Crippen LogP contribution in [-0.4, -0.2) is 0 Å². The second kappa shape index (κ2) is 11.3. The van der Waals surface area contributed by atoms with Crippen molar-refractivity contribution in [1.29, 1.82) is 0 Å². The van der Waals surface area contributed by atoms with Crippen molar-refractivity contribution in [1.82, 2.24) is 0 Å². The van der Waals surface area contributed by atoms with Crippen LogP contribution in [-0.2, 0) is 0 Å². The summed E-state index contributed by atoms with van der Waals surface area (Å²) in [6.45, 7) is 0. The third-order valence-corrected chi connectivity index (χ3v) is 10.7. The van der Waals surface area contributed by atoms with Crippen molar-refractivity contribution in [3.8, 4) is 44.5 Å². The molecule has 0 saturated heterocycles. The van der Waals surface area contributed by atoms with Gasteiger partial charge in [-0.15, -0.1) is 0 Å². The van der Waals surface area contributed by atoms with E-state index in [1.807, 2.05) is 12.1 Å². The Hall–Kier alpha value is -6.90. The minimum Gasteiger partial charge on any atom is -0.456 e. The van der Waals surface area contributed by atoms with E-state index in [2.05, 4.69) is 181 Å². The van der Waals surface area contributed by atoms with E-state index in [4.69, 9.17) is 4.42 Å². The standard InChI is InChI=1S/C50H31NO/c1-4-14-32(15-5-1)47-41-21-10-11-22-42(41)48(33-16-6-2-7-17-33)50-44-30-35-28-37(25-24-34(35)29-43(44)49(47)50)51(36-18-8-3-9-19-36)38-26-27-40-39-20-12-13-23-45(39)52-46(40)31-38/h1-31H. The molecule has 242 valence electrons. The summed E-state index contributed by atoms with van der Waals surface area (Å²) in [5.74, 6) is 0. The zero-order valence-electron chi connectivity index (χ0n) is 28.3. The summed E-state index contributed by atoms with van der Waals surface area (Å²) in [6.07, 6.45) is 0. The van der Waals surface area contributed by atoms with Crippen LogP contribution >= 0.6 is 0 Å². The van der Waals surface area contributed by atoms with E-state index in [0.29, 0.717) is 0 Å². The normalized spacial score (nSPS) is 11.8. The Morgan fingerprint density at radius 2 is 0.808 bits per heavy atom. The topological polar surface area (TPSA) is 16.4 Å². The maximum Gasteiger partial charge on any atom is 0.137 e. The lowest BCUT2D eigenvalue weighted by Gasteiger charge is -2.33. The zero-order valence-corrected chi connectivity index (χ0v) is 28.3. The molecule has 9 aromatic carbocycles. The van der Waals surface area contributed by atoms with Gasteiger partial charge >= 0.3 is 0 Å². The van der Waals surface area contributed by atoms with E-state index >= 15 is 0 Å². The van der Waals surface area contributed by atoms with Crippen LogP contribution in [0.25, 0.3) is 88.0 Å². The van der Waals surface area contributed by atoms with Gasteiger partial charge in [0.05, 0.1) is 0 Å². The Balaban J connectivity index is 1.13. The van der Waals surface area contributed by atoms with Crippen molar-refractivity contribution in [2.45, 2.75) is 0 Å². The molecular formula is C50H31NO. The first-order valence-electron chi connectivity index (χ1n) is 17.8. The molecule has 1 aliphatic rings. The van der Waals surface area contributed by atoms with Crippen LogP contribution in [0, 0.1) is 0 Å². The number of furan rings is 1. The fraction of sp³-hybridized carbons (Fsp3) is 0. The highest BCUT2D eigenvalue weighted by Crippen LogP contribution is 2.60. The van der Waals surface area contributed by atoms with Gasteiger partial charge in [-0.25, -0.2) is 0 Å². The smallest absolute Gasteiger partial charge is 0.137 e. The minimum atomic E-state index is 0.883. The lowest BCUT2D eigenvalue weighted by Crippen LogP contribution is -2.10. The fourth-order valence-electron chi connectivity index (χ4n) is 8.44. The molecule has 0 fully saturated rings. The predicted molar refractivity (Wildman–Crippen MR) is 219 cm³/mol. The van der Waals surface area contributed by atoms with Crippen LogP contribution in [0.1, 0.15) is 0 Å². The molecule has 0 amide bonds. The van der Waals surface area contributed by atoms with Gasteiger partial charge in [-0.2, -0.15) is 0 Å². The van der Waals surface area contributed by atoms with Crippen LogP contribution < -0.4 is 4.90 Å². The van der Waals surface area contributed by atoms with Gasteiger partial charge in [0.15, 0.2) is 0 Å². The molecule has 0 saturated carbocycles. The summed E-state index contributed by atoms with van der Waals surface area (Å²) in [6, 6.07) is 67.8. The summed E-state index contributed by atoms with van der Waals surface area (Å²) >= 11 is 0. The van der Waals surface area contributed by atoms with E-state index in [1.165, 1.54) is 66.1 Å². The van der Waals surface area contributed by atoms with Gasteiger partial charge < -0.3 is 9.32 Å². The van der Waals surface area contributed by atoms with Crippen molar-refractivity contribution < 1.29 is 4.42 Å². The van der Waals surface area contributed by atoms with Crippen LogP contribution in [0.4, 0.5) is 17.1 Å². The van der Waals surface area contributed by atoms with Crippen molar-refractivity contribution in [3.05, 3.63) is 188 Å². The molecule has 1 aromatic heterocycles. The van der Waals surface area contributed by atoms with Crippen LogP contribution in [0.15, 0.2) is 192 Å². The molecule has 1 heterocycles. The highest BCUT2D eigenvalue weighted by Gasteiger charge is 2.32. The van der Waals surface area contributed by atoms with Gasteiger partial charge in [-0.1, -0.05) is 127 Å². The molecule has 10 aromatic rings. The minimum absolute atomic E-state index is 0.883. The number of benzene rings is 9. The van der Waals surface area contributed by atoms with Gasteiger partial charge in [-0.05, 0) is 121 Å². The molecule has 52 heavy (non-hydrogen) atoms. The van der Waals surface area contributed by atoms with Gasteiger partial charge in [0, 0.05) is 33.9 Å². The van der Waals surface area contributed by atoms with Gasteiger partial charge in [0.1, 0.15) is 11.2 Å². The predicted octanol–water partition coefficient (Wildman–Crippen LogP) is 14.3. The Bertz CT molecular complexity index is 3000. The fourth-order valence-corrected chi connectivity index (χ4v) is 8.44. The van der Waals surface area contributed by atoms with Crippen molar-refractivity contribution in [2.75, 3.05) is 4.90 Å². The summed E-state index contributed by atoms with van der Waals surface area (Å²) in [4.78, 5) is 2.33. The molecular weight excluding hydrogens is 631 g/mol. The van der Waals surface area contributed by atoms with Crippen LogP contribution in [0.5, 0.6) is 0 Å². The van der Waals surface area contributed by atoms with Gasteiger partial charge in [0.25, 0.3) is 0 Å². The molecule has 0 bridgehead atoms. The molecule has 1 aliphatic carbocycles. The molecule has 2 heteroatoms. The number of hydrogen-bond donors (Lipinski definition) is 0. The number of para-hydroxylation sites is 2. The molecule has 11 rings (SSSR count). The molecule has 0 unspecified atom stereocenters. The number of fused-ring (bicyclic) bond motifs is 9. The highest BCUT2D eigenvalue weighted by atomic mass is 16.3. The molecule has 0 N–H and O–H groups in total.